The van der Waals surface area contributed by atoms with Gasteiger partial charge in [-0.1, -0.05) is 126 Å². The minimum Gasteiger partial charge on any atom is -0.126 e. The molecule has 0 saturated carbocycles. The molecular formula is C38H42Si2. The summed E-state index contributed by atoms with van der Waals surface area (Å²) in [5.74, 6) is 7.77. The molecule has 0 heterocycles. The second kappa shape index (κ2) is 11.7. The van der Waals surface area contributed by atoms with Gasteiger partial charge >= 0.3 is 0 Å². The largest absolute Gasteiger partial charge is 0.138 e. The van der Waals surface area contributed by atoms with Gasteiger partial charge in [0.2, 0.25) is 0 Å². The van der Waals surface area contributed by atoms with Crippen LogP contribution in [0.2, 0.25) is 36.3 Å². The number of fused-ring (bicyclic) bond motifs is 6. The zero-order chi connectivity index (χ0) is 28.3. The quantitative estimate of drug-likeness (QED) is 0.0847. The summed E-state index contributed by atoms with van der Waals surface area (Å²) >= 11 is 0. The van der Waals surface area contributed by atoms with Crippen LogP contribution in [0.3, 0.4) is 0 Å². The van der Waals surface area contributed by atoms with Crippen LogP contribution in [0.15, 0.2) is 72.8 Å². The highest BCUT2D eigenvalue weighted by Gasteiger charge is 2.26. The zero-order valence-corrected chi connectivity index (χ0v) is 27.2. The van der Waals surface area contributed by atoms with Crippen LogP contribution in [0, 0.1) is 22.9 Å². The Balaban J connectivity index is 2.04. The first-order valence-electron chi connectivity index (χ1n) is 15.3. The van der Waals surface area contributed by atoms with Crippen molar-refractivity contribution in [3.63, 3.8) is 0 Å². The molecule has 0 radical (unpaired) electrons. The Morgan fingerprint density at radius 2 is 0.775 bits per heavy atom. The van der Waals surface area contributed by atoms with Crippen molar-refractivity contribution in [1.29, 1.82) is 0 Å². The van der Waals surface area contributed by atoms with Crippen molar-refractivity contribution in [2.24, 2.45) is 0 Å². The average Bonchev–Trinajstić information content (AvgIpc) is 3.02. The monoisotopic (exact) mass is 554 g/mol. The number of hydrogen-bond donors (Lipinski definition) is 0. The van der Waals surface area contributed by atoms with Crippen LogP contribution >= 0.6 is 0 Å². The molecule has 0 atom stereocenters. The summed E-state index contributed by atoms with van der Waals surface area (Å²) in [5, 5.41) is 10.2. The predicted octanol–water partition coefficient (Wildman–Crippen LogP) is 11.1. The number of hydrogen-bond acceptors (Lipinski definition) is 0. The van der Waals surface area contributed by atoms with Crippen molar-refractivity contribution in [2.45, 2.75) is 77.8 Å². The van der Waals surface area contributed by atoms with E-state index in [1.165, 1.54) is 90.5 Å². The summed E-state index contributed by atoms with van der Waals surface area (Å²) in [6, 6.07) is 34.1. The zero-order valence-electron chi connectivity index (χ0n) is 25.2. The van der Waals surface area contributed by atoms with Crippen LogP contribution in [-0.2, 0) is 0 Å². The smallest absolute Gasteiger partial charge is 0.126 e. The van der Waals surface area contributed by atoms with Gasteiger partial charge in [-0.25, -0.2) is 0 Å². The van der Waals surface area contributed by atoms with Gasteiger partial charge in [0.1, 0.15) is 16.1 Å². The normalized spacial score (nSPS) is 11.9. The Morgan fingerprint density at radius 3 is 1.12 bits per heavy atom. The lowest BCUT2D eigenvalue weighted by molar-refractivity contribution is 1.20. The minimum absolute atomic E-state index is 1.19. The number of rotatable bonds is 6. The molecule has 202 valence electrons. The molecule has 0 fully saturated rings. The van der Waals surface area contributed by atoms with Gasteiger partial charge in [0.05, 0.1) is 0 Å². The Morgan fingerprint density at radius 1 is 0.425 bits per heavy atom. The predicted molar refractivity (Wildman–Crippen MR) is 185 cm³/mol. The van der Waals surface area contributed by atoms with Crippen molar-refractivity contribution < 1.29 is 0 Å². The Kier molecular flexibility index (Phi) is 8.23. The lowest BCUT2D eigenvalue weighted by atomic mass is 9.87. The summed E-state index contributed by atoms with van der Waals surface area (Å²) < 4.78 is 0. The summed E-state index contributed by atoms with van der Waals surface area (Å²) in [6.45, 7) is 14.1. The Labute approximate surface area is 243 Å². The van der Waals surface area contributed by atoms with Crippen LogP contribution in [0.5, 0.6) is 0 Å². The van der Waals surface area contributed by atoms with Gasteiger partial charge < -0.3 is 0 Å². The molecule has 0 saturated heterocycles. The fourth-order valence-electron chi connectivity index (χ4n) is 6.45. The van der Waals surface area contributed by atoms with Crippen LogP contribution in [0.1, 0.15) is 52.7 Å². The molecule has 5 aromatic rings. The molecule has 0 aromatic heterocycles. The Bertz CT molecular complexity index is 1680. The van der Waals surface area contributed by atoms with Crippen LogP contribution in [0.4, 0.5) is 0 Å². The minimum atomic E-state index is -1.65. The lowest BCUT2D eigenvalue weighted by Gasteiger charge is -2.21. The molecule has 40 heavy (non-hydrogen) atoms. The number of benzene rings is 5. The standard InChI is InChI=1S/C38H42Si2/c1-7-39(8-2,9-3)27-25-35-33-23-21-30-18-14-16-20-32(30)38(33)36(26-28-40(10-4,11-5)12-6)34-24-22-29-17-13-15-19-31(29)37(34)35/h13-24H,7-12H2,1-6H3. The third-order valence-corrected chi connectivity index (χ3v) is 19.3. The molecule has 2 heteroatoms. The lowest BCUT2D eigenvalue weighted by Crippen LogP contribution is -2.29. The SMILES string of the molecule is CC[Si](C#Cc1c2ccc3ccccc3c2c(C#C[Si](CC)(CC)CC)c2ccc3ccccc3c12)(CC)CC. The molecular weight excluding hydrogens is 513 g/mol. The highest BCUT2D eigenvalue weighted by molar-refractivity contribution is 6.87. The highest BCUT2D eigenvalue weighted by atomic mass is 28.3. The Hall–Kier alpha value is -3.31. The van der Waals surface area contributed by atoms with Gasteiger partial charge in [-0.2, -0.15) is 0 Å². The molecule has 0 aliphatic rings. The molecule has 0 bridgehead atoms. The van der Waals surface area contributed by atoms with E-state index in [9.17, 15) is 0 Å². The molecule has 5 aromatic carbocycles. The van der Waals surface area contributed by atoms with Gasteiger partial charge in [-0.15, -0.1) is 11.1 Å². The molecule has 0 N–H and O–H groups in total. The van der Waals surface area contributed by atoms with Crippen LogP contribution in [0.25, 0.3) is 43.1 Å². The maximum absolute atomic E-state index is 3.96. The average molecular weight is 555 g/mol. The van der Waals surface area contributed by atoms with E-state index in [0.717, 1.165) is 0 Å². The summed E-state index contributed by atoms with van der Waals surface area (Å²) in [6.07, 6.45) is 0. The fourth-order valence-corrected chi connectivity index (χ4v) is 11.3. The molecule has 0 spiro atoms. The van der Waals surface area contributed by atoms with Crippen molar-refractivity contribution in [3.8, 4) is 22.9 Å². The van der Waals surface area contributed by atoms with E-state index in [-0.39, 0.29) is 0 Å². The molecule has 0 aliphatic carbocycles. The third-order valence-electron chi connectivity index (χ3n) is 9.86. The first-order valence-corrected chi connectivity index (χ1v) is 20.6. The molecule has 0 amide bonds. The second-order valence-corrected chi connectivity index (χ2v) is 21.2. The molecule has 0 unspecified atom stereocenters. The van der Waals surface area contributed by atoms with Crippen molar-refractivity contribution in [1.82, 2.24) is 0 Å². The van der Waals surface area contributed by atoms with Gasteiger partial charge in [0.15, 0.2) is 0 Å². The maximum atomic E-state index is 3.96. The molecule has 0 nitrogen and oxygen atoms in total. The van der Waals surface area contributed by atoms with Gasteiger partial charge in [-0.3, -0.25) is 0 Å². The summed E-state index contributed by atoms with van der Waals surface area (Å²) in [4.78, 5) is 0. The first-order chi connectivity index (χ1) is 19.5. The molecule has 0 aliphatic heterocycles. The van der Waals surface area contributed by atoms with E-state index in [0.29, 0.717) is 0 Å². The van der Waals surface area contributed by atoms with Gasteiger partial charge in [0, 0.05) is 21.9 Å². The van der Waals surface area contributed by atoms with E-state index in [4.69, 9.17) is 0 Å². The van der Waals surface area contributed by atoms with E-state index in [1.54, 1.807) is 0 Å². The first kappa shape index (κ1) is 28.2. The molecule has 5 rings (SSSR count). The van der Waals surface area contributed by atoms with Crippen molar-refractivity contribution >= 4 is 59.2 Å². The summed E-state index contributed by atoms with van der Waals surface area (Å²) in [5.41, 5.74) is 10.3. The second-order valence-electron chi connectivity index (χ2n) is 11.4. The van der Waals surface area contributed by atoms with E-state index in [2.05, 4.69) is 137 Å². The van der Waals surface area contributed by atoms with E-state index in [1.807, 2.05) is 0 Å². The highest BCUT2D eigenvalue weighted by Crippen LogP contribution is 2.40. The van der Waals surface area contributed by atoms with E-state index < -0.39 is 16.1 Å². The van der Waals surface area contributed by atoms with Crippen molar-refractivity contribution in [2.75, 3.05) is 0 Å². The van der Waals surface area contributed by atoms with Crippen LogP contribution in [-0.4, -0.2) is 16.1 Å². The van der Waals surface area contributed by atoms with Crippen LogP contribution < -0.4 is 0 Å². The van der Waals surface area contributed by atoms with E-state index >= 15 is 0 Å². The van der Waals surface area contributed by atoms with Gasteiger partial charge in [0.25, 0.3) is 0 Å². The fraction of sp³-hybridized carbons (Fsp3) is 0.316. The maximum Gasteiger partial charge on any atom is 0.138 e. The topological polar surface area (TPSA) is 0 Å². The third kappa shape index (κ3) is 4.79. The van der Waals surface area contributed by atoms with Gasteiger partial charge in [-0.05, 0) is 68.6 Å². The van der Waals surface area contributed by atoms with Crippen molar-refractivity contribution in [3.05, 3.63) is 83.9 Å². The summed E-state index contributed by atoms with van der Waals surface area (Å²) in [7, 11) is -3.30.